The van der Waals surface area contributed by atoms with Gasteiger partial charge in [0.15, 0.2) is 0 Å². The van der Waals surface area contributed by atoms with Crippen LogP contribution in [0, 0.1) is 10.5 Å². The summed E-state index contributed by atoms with van der Waals surface area (Å²) in [5.74, 6) is -0.150. The van der Waals surface area contributed by atoms with E-state index in [1.54, 1.807) is 17.4 Å². The van der Waals surface area contributed by atoms with Crippen LogP contribution in [0.15, 0.2) is 35.7 Å². The van der Waals surface area contributed by atoms with Crippen molar-refractivity contribution >= 4 is 51.6 Å². The zero-order valence-corrected chi connectivity index (χ0v) is 12.7. The Kier molecular flexibility index (Phi) is 4.48. The number of nitrogens with zero attached hydrogens (tertiary/aromatic N) is 1. The molecule has 1 amide bonds. The molecule has 2 rings (SSSR count). The normalized spacial score (nSPS) is 10.8. The number of halogens is 1. The van der Waals surface area contributed by atoms with Gasteiger partial charge >= 0.3 is 0 Å². The van der Waals surface area contributed by atoms with Crippen molar-refractivity contribution in [2.24, 2.45) is 0 Å². The second kappa shape index (κ2) is 6.10. The van der Waals surface area contributed by atoms with Crippen LogP contribution in [0.5, 0.6) is 0 Å². The molecule has 92 valence electrons. The van der Waals surface area contributed by atoms with Crippen LogP contribution in [0.2, 0.25) is 0 Å². The third-order valence-electron chi connectivity index (χ3n) is 2.13. The second-order valence-electron chi connectivity index (χ2n) is 3.62. The van der Waals surface area contributed by atoms with Gasteiger partial charge in [-0.1, -0.05) is 6.07 Å². The first kappa shape index (κ1) is 13.2. The van der Waals surface area contributed by atoms with Gasteiger partial charge in [0.25, 0.3) is 0 Å². The molecule has 0 bridgehead atoms. The molecule has 0 saturated heterocycles. The number of rotatable bonds is 3. The molecular weight excluding hydrogens is 359 g/mol. The molecular formula is C13H11IN2OS. The first-order valence-corrected chi connectivity index (χ1v) is 7.26. The van der Waals surface area contributed by atoms with Crippen LogP contribution in [-0.4, -0.2) is 10.9 Å². The van der Waals surface area contributed by atoms with E-state index < -0.39 is 0 Å². The third-order valence-corrected chi connectivity index (χ3v) is 3.60. The van der Waals surface area contributed by atoms with E-state index >= 15 is 0 Å². The van der Waals surface area contributed by atoms with Crippen molar-refractivity contribution in [3.05, 3.63) is 50.0 Å². The number of carbonyl (C=O) groups is 1. The fourth-order valence-electron chi connectivity index (χ4n) is 1.37. The van der Waals surface area contributed by atoms with Gasteiger partial charge in [0.1, 0.15) is 0 Å². The average molecular weight is 370 g/mol. The van der Waals surface area contributed by atoms with Crippen LogP contribution in [0.4, 0.5) is 5.69 Å². The van der Waals surface area contributed by atoms with Crippen molar-refractivity contribution < 1.29 is 4.79 Å². The fourth-order valence-corrected chi connectivity index (χ4v) is 2.49. The van der Waals surface area contributed by atoms with E-state index in [2.05, 4.69) is 32.9 Å². The molecule has 1 heterocycles. The lowest BCUT2D eigenvalue weighted by Crippen LogP contribution is -2.07. The SMILES string of the molecule is Cc1nc(/C=C/C(=O)Nc2cccc(I)c2)cs1. The number of aromatic nitrogens is 1. The van der Waals surface area contributed by atoms with Crippen LogP contribution >= 0.6 is 33.9 Å². The lowest BCUT2D eigenvalue weighted by Gasteiger charge is -2.01. The summed E-state index contributed by atoms with van der Waals surface area (Å²) >= 11 is 3.77. The van der Waals surface area contributed by atoms with E-state index in [0.717, 1.165) is 20.0 Å². The Balaban J connectivity index is 1.98. The maximum atomic E-state index is 11.7. The van der Waals surface area contributed by atoms with Crippen molar-refractivity contribution in [2.75, 3.05) is 5.32 Å². The summed E-state index contributed by atoms with van der Waals surface area (Å²) in [5.41, 5.74) is 1.61. The molecule has 5 heteroatoms. The van der Waals surface area contributed by atoms with Gasteiger partial charge in [0, 0.05) is 20.7 Å². The molecule has 0 aliphatic rings. The van der Waals surface area contributed by atoms with Gasteiger partial charge in [0.05, 0.1) is 10.7 Å². The Labute approximate surface area is 123 Å². The highest BCUT2D eigenvalue weighted by Crippen LogP contribution is 2.13. The van der Waals surface area contributed by atoms with Crippen LogP contribution < -0.4 is 5.32 Å². The number of hydrogen-bond donors (Lipinski definition) is 1. The van der Waals surface area contributed by atoms with Crippen LogP contribution in [0.3, 0.4) is 0 Å². The highest BCUT2D eigenvalue weighted by Gasteiger charge is 1.99. The number of carbonyl (C=O) groups excluding carboxylic acids is 1. The number of anilines is 1. The lowest BCUT2D eigenvalue weighted by atomic mass is 10.3. The number of hydrogen-bond acceptors (Lipinski definition) is 3. The minimum Gasteiger partial charge on any atom is -0.322 e. The molecule has 0 fully saturated rings. The summed E-state index contributed by atoms with van der Waals surface area (Å²) in [6.07, 6.45) is 3.21. The smallest absolute Gasteiger partial charge is 0.248 e. The Morgan fingerprint density at radius 3 is 3.00 bits per heavy atom. The predicted octanol–water partition coefficient (Wildman–Crippen LogP) is 3.71. The second-order valence-corrected chi connectivity index (χ2v) is 5.93. The highest BCUT2D eigenvalue weighted by molar-refractivity contribution is 14.1. The molecule has 0 radical (unpaired) electrons. The molecule has 3 nitrogen and oxygen atoms in total. The van der Waals surface area contributed by atoms with Crippen molar-refractivity contribution in [1.29, 1.82) is 0 Å². The number of thiazole rings is 1. The summed E-state index contributed by atoms with van der Waals surface area (Å²) in [7, 11) is 0. The molecule has 0 atom stereocenters. The van der Waals surface area contributed by atoms with Crippen LogP contribution in [0.25, 0.3) is 6.08 Å². The molecule has 0 aliphatic heterocycles. The minimum absolute atomic E-state index is 0.150. The monoisotopic (exact) mass is 370 g/mol. The van der Waals surface area contributed by atoms with Crippen LogP contribution in [-0.2, 0) is 4.79 Å². The maximum Gasteiger partial charge on any atom is 0.248 e. The van der Waals surface area contributed by atoms with Gasteiger partial charge in [-0.15, -0.1) is 11.3 Å². The summed E-state index contributed by atoms with van der Waals surface area (Å²) in [6, 6.07) is 7.66. The Bertz CT molecular complexity index is 592. The lowest BCUT2D eigenvalue weighted by molar-refractivity contribution is -0.111. The van der Waals surface area contributed by atoms with Gasteiger partial charge in [-0.3, -0.25) is 4.79 Å². The van der Waals surface area contributed by atoms with E-state index in [1.807, 2.05) is 36.6 Å². The Morgan fingerprint density at radius 1 is 1.50 bits per heavy atom. The van der Waals surface area contributed by atoms with E-state index in [-0.39, 0.29) is 5.91 Å². The van der Waals surface area contributed by atoms with Gasteiger partial charge in [-0.2, -0.15) is 0 Å². The number of amides is 1. The molecule has 0 unspecified atom stereocenters. The van der Waals surface area contributed by atoms with Gasteiger partial charge in [0.2, 0.25) is 5.91 Å². The third kappa shape index (κ3) is 3.92. The molecule has 18 heavy (non-hydrogen) atoms. The number of nitrogens with one attached hydrogen (secondary N) is 1. The zero-order valence-electron chi connectivity index (χ0n) is 9.68. The molecule has 0 aliphatic carbocycles. The topological polar surface area (TPSA) is 42.0 Å². The van der Waals surface area contributed by atoms with E-state index in [1.165, 1.54) is 6.08 Å². The minimum atomic E-state index is -0.150. The summed E-state index contributed by atoms with van der Waals surface area (Å²) in [4.78, 5) is 15.9. The van der Waals surface area contributed by atoms with Crippen molar-refractivity contribution in [3.63, 3.8) is 0 Å². The van der Waals surface area contributed by atoms with E-state index in [9.17, 15) is 4.79 Å². The van der Waals surface area contributed by atoms with E-state index in [0.29, 0.717) is 0 Å². The fraction of sp³-hybridized carbons (Fsp3) is 0.0769. The molecule has 1 aromatic heterocycles. The number of aryl methyl sites for hydroxylation is 1. The largest absolute Gasteiger partial charge is 0.322 e. The first-order chi connectivity index (χ1) is 8.63. The van der Waals surface area contributed by atoms with E-state index in [4.69, 9.17) is 0 Å². The molecule has 1 N–H and O–H groups in total. The maximum absolute atomic E-state index is 11.7. The quantitative estimate of drug-likeness (QED) is 0.661. The highest BCUT2D eigenvalue weighted by atomic mass is 127. The van der Waals surface area contributed by atoms with Crippen LogP contribution in [0.1, 0.15) is 10.7 Å². The van der Waals surface area contributed by atoms with Crippen molar-refractivity contribution in [1.82, 2.24) is 4.98 Å². The van der Waals surface area contributed by atoms with Gasteiger partial charge in [-0.25, -0.2) is 4.98 Å². The standard InChI is InChI=1S/C13H11IN2OS/c1-9-15-12(8-18-9)5-6-13(17)16-11-4-2-3-10(14)7-11/h2-8H,1H3,(H,16,17)/b6-5+. The summed E-state index contributed by atoms with van der Waals surface area (Å²) < 4.78 is 1.09. The Hall–Kier alpha value is -1.21. The first-order valence-electron chi connectivity index (χ1n) is 5.30. The van der Waals surface area contributed by atoms with Gasteiger partial charge < -0.3 is 5.32 Å². The number of benzene rings is 1. The average Bonchev–Trinajstić information content (AvgIpc) is 2.73. The zero-order chi connectivity index (χ0) is 13.0. The van der Waals surface area contributed by atoms with Gasteiger partial charge in [-0.05, 0) is 53.8 Å². The molecule has 1 aromatic carbocycles. The van der Waals surface area contributed by atoms with Crippen molar-refractivity contribution in [3.8, 4) is 0 Å². The van der Waals surface area contributed by atoms with Crippen molar-refractivity contribution in [2.45, 2.75) is 6.92 Å². The summed E-state index contributed by atoms with van der Waals surface area (Å²) in [6.45, 7) is 1.94. The molecule has 0 spiro atoms. The molecule has 0 saturated carbocycles. The predicted molar refractivity (Wildman–Crippen MR) is 83.7 cm³/mol. The summed E-state index contributed by atoms with van der Waals surface area (Å²) in [5, 5.41) is 5.72. The molecule has 2 aromatic rings. The Morgan fingerprint density at radius 2 is 2.33 bits per heavy atom.